The molecule has 0 fully saturated rings. The predicted octanol–water partition coefficient (Wildman–Crippen LogP) is 3.40. The van der Waals surface area contributed by atoms with Gasteiger partial charge < -0.3 is 10.5 Å². The maximum Gasteiger partial charge on any atom is 0.197 e. The molecule has 1 heterocycles. The Hall–Kier alpha value is -2.00. The van der Waals surface area contributed by atoms with E-state index < -0.39 is 0 Å². The molecule has 3 rings (SSSR count). The van der Waals surface area contributed by atoms with Crippen LogP contribution in [0.25, 0.3) is 0 Å². The Morgan fingerprint density at radius 3 is 2.90 bits per heavy atom. The number of hydrogen-bond donors (Lipinski definition) is 1. The fraction of sp³-hybridized carbons (Fsp3) is 0.188. The maximum absolute atomic E-state index is 12.7. The Balaban J connectivity index is 2.14. The predicted molar refractivity (Wildman–Crippen MR) is 79.7 cm³/mol. The largest absolute Gasteiger partial charge is 0.492 e. The van der Waals surface area contributed by atoms with E-state index in [0.29, 0.717) is 34.2 Å². The lowest BCUT2D eigenvalue weighted by Crippen LogP contribution is -2.07. The minimum Gasteiger partial charge on any atom is -0.492 e. The van der Waals surface area contributed by atoms with Crippen molar-refractivity contribution < 1.29 is 9.53 Å². The summed E-state index contributed by atoms with van der Waals surface area (Å²) >= 11 is 6.10. The summed E-state index contributed by atoms with van der Waals surface area (Å²) in [5, 5.41) is 0.555. The van der Waals surface area contributed by atoms with Crippen molar-refractivity contribution in [3.05, 3.63) is 57.6 Å². The maximum atomic E-state index is 12.7. The molecule has 1 aliphatic heterocycles. The molecule has 0 unspecified atom stereocenters. The van der Waals surface area contributed by atoms with Crippen LogP contribution in [-0.4, -0.2) is 12.4 Å². The van der Waals surface area contributed by atoms with Gasteiger partial charge in [-0.25, -0.2) is 0 Å². The SMILES string of the molecule is Cc1c(N)cccc1C(=O)c1cc(Cl)cc2c1OCC2. The van der Waals surface area contributed by atoms with E-state index in [1.165, 1.54) is 0 Å². The fourth-order valence-electron chi connectivity index (χ4n) is 2.48. The van der Waals surface area contributed by atoms with Crippen LogP contribution in [0.3, 0.4) is 0 Å². The first-order valence-electron chi connectivity index (χ1n) is 6.43. The summed E-state index contributed by atoms with van der Waals surface area (Å²) in [4.78, 5) is 12.7. The normalized spacial score (nSPS) is 12.9. The van der Waals surface area contributed by atoms with Gasteiger partial charge in [0.25, 0.3) is 0 Å². The molecule has 4 heteroatoms. The van der Waals surface area contributed by atoms with E-state index >= 15 is 0 Å². The number of ketones is 1. The molecule has 3 nitrogen and oxygen atoms in total. The van der Waals surface area contributed by atoms with Crippen LogP contribution < -0.4 is 10.5 Å². The Morgan fingerprint density at radius 2 is 2.10 bits per heavy atom. The Morgan fingerprint density at radius 1 is 1.30 bits per heavy atom. The van der Waals surface area contributed by atoms with Crippen LogP contribution in [0.15, 0.2) is 30.3 Å². The highest BCUT2D eigenvalue weighted by Gasteiger charge is 2.24. The van der Waals surface area contributed by atoms with Gasteiger partial charge in [0.05, 0.1) is 12.2 Å². The van der Waals surface area contributed by atoms with E-state index in [-0.39, 0.29) is 5.78 Å². The highest BCUT2D eigenvalue weighted by atomic mass is 35.5. The van der Waals surface area contributed by atoms with Crippen molar-refractivity contribution >= 4 is 23.1 Å². The van der Waals surface area contributed by atoms with E-state index in [0.717, 1.165) is 17.5 Å². The van der Waals surface area contributed by atoms with Crippen LogP contribution in [0.1, 0.15) is 27.0 Å². The van der Waals surface area contributed by atoms with Gasteiger partial charge in [-0.15, -0.1) is 0 Å². The van der Waals surface area contributed by atoms with Crippen molar-refractivity contribution in [1.29, 1.82) is 0 Å². The quantitative estimate of drug-likeness (QED) is 0.680. The summed E-state index contributed by atoms with van der Waals surface area (Å²) in [5.41, 5.74) is 9.35. The summed E-state index contributed by atoms with van der Waals surface area (Å²) < 4.78 is 5.59. The van der Waals surface area contributed by atoms with Gasteiger partial charge >= 0.3 is 0 Å². The third-order valence-electron chi connectivity index (χ3n) is 3.61. The molecular formula is C16H14ClNO2. The number of halogens is 1. The van der Waals surface area contributed by atoms with E-state index in [2.05, 4.69) is 0 Å². The van der Waals surface area contributed by atoms with Gasteiger partial charge in [0, 0.05) is 22.7 Å². The van der Waals surface area contributed by atoms with Crippen molar-refractivity contribution in [2.45, 2.75) is 13.3 Å². The Bertz CT molecular complexity index is 710. The van der Waals surface area contributed by atoms with Crippen molar-refractivity contribution in [3.63, 3.8) is 0 Å². The lowest BCUT2D eigenvalue weighted by Gasteiger charge is -2.11. The molecule has 0 atom stereocenters. The molecular weight excluding hydrogens is 274 g/mol. The molecule has 2 aromatic rings. The number of nitrogen functional groups attached to an aromatic ring is 1. The zero-order valence-electron chi connectivity index (χ0n) is 11.1. The van der Waals surface area contributed by atoms with Gasteiger partial charge in [-0.3, -0.25) is 4.79 Å². The van der Waals surface area contributed by atoms with Crippen molar-refractivity contribution in [1.82, 2.24) is 0 Å². The van der Waals surface area contributed by atoms with Crippen LogP contribution >= 0.6 is 11.6 Å². The molecule has 0 saturated carbocycles. The van der Waals surface area contributed by atoms with E-state index in [1.807, 2.05) is 13.0 Å². The third-order valence-corrected chi connectivity index (χ3v) is 3.83. The molecule has 0 amide bonds. The second kappa shape index (κ2) is 4.84. The number of ether oxygens (including phenoxy) is 1. The number of nitrogens with two attached hydrogens (primary N) is 1. The summed E-state index contributed by atoms with van der Waals surface area (Å²) in [5.74, 6) is 0.552. The number of hydrogen-bond acceptors (Lipinski definition) is 3. The van der Waals surface area contributed by atoms with E-state index in [4.69, 9.17) is 22.1 Å². The summed E-state index contributed by atoms with van der Waals surface area (Å²) in [7, 11) is 0. The summed E-state index contributed by atoms with van der Waals surface area (Å²) in [6, 6.07) is 8.85. The van der Waals surface area contributed by atoms with Crippen molar-refractivity contribution in [2.24, 2.45) is 0 Å². The second-order valence-electron chi connectivity index (χ2n) is 4.89. The molecule has 0 spiro atoms. The lowest BCUT2D eigenvalue weighted by atomic mass is 9.96. The number of carbonyl (C=O) groups excluding carboxylic acids is 1. The van der Waals surface area contributed by atoms with Gasteiger partial charge in [0.1, 0.15) is 5.75 Å². The molecule has 1 aliphatic rings. The van der Waals surface area contributed by atoms with Gasteiger partial charge in [-0.1, -0.05) is 23.7 Å². The molecule has 0 radical (unpaired) electrons. The second-order valence-corrected chi connectivity index (χ2v) is 5.33. The number of carbonyl (C=O) groups is 1. The summed E-state index contributed by atoms with van der Waals surface area (Å²) in [6.07, 6.45) is 0.784. The fourth-order valence-corrected chi connectivity index (χ4v) is 2.72. The smallest absolute Gasteiger partial charge is 0.197 e. The Kier molecular flexibility index (Phi) is 3.14. The van der Waals surface area contributed by atoms with Gasteiger partial charge in [0.2, 0.25) is 0 Å². The van der Waals surface area contributed by atoms with Crippen LogP contribution in [0.5, 0.6) is 5.75 Å². The average molecular weight is 288 g/mol. The zero-order valence-corrected chi connectivity index (χ0v) is 11.8. The van der Waals surface area contributed by atoms with Gasteiger partial charge in [-0.05, 0) is 36.2 Å². The molecule has 102 valence electrons. The number of rotatable bonds is 2. The minimum absolute atomic E-state index is 0.101. The molecule has 20 heavy (non-hydrogen) atoms. The van der Waals surface area contributed by atoms with Crippen molar-refractivity contribution in [2.75, 3.05) is 12.3 Å². The third kappa shape index (κ3) is 2.04. The molecule has 2 N–H and O–H groups in total. The van der Waals surface area contributed by atoms with Crippen LogP contribution in [0.2, 0.25) is 5.02 Å². The number of fused-ring (bicyclic) bond motifs is 1. The molecule has 0 aliphatic carbocycles. The monoisotopic (exact) mass is 287 g/mol. The molecule has 2 aromatic carbocycles. The first-order valence-corrected chi connectivity index (χ1v) is 6.80. The average Bonchev–Trinajstić information content (AvgIpc) is 2.88. The topological polar surface area (TPSA) is 52.3 Å². The zero-order chi connectivity index (χ0) is 14.3. The summed E-state index contributed by atoms with van der Waals surface area (Å²) in [6.45, 7) is 2.43. The standard InChI is InChI=1S/C16H14ClNO2/c1-9-12(3-2-4-14(9)18)15(19)13-8-11(17)7-10-5-6-20-16(10)13/h2-4,7-8H,5-6,18H2,1H3. The molecule has 0 aromatic heterocycles. The first-order chi connectivity index (χ1) is 9.58. The molecule has 0 bridgehead atoms. The minimum atomic E-state index is -0.101. The van der Waals surface area contributed by atoms with Crippen LogP contribution in [0.4, 0.5) is 5.69 Å². The lowest BCUT2D eigenvalue weighted by molar-refractivity contribution is 0.103. The highest BCUT2D eigenvalue weighted by Crippen LogP contribution is 2.34. The first kappa shape index (κ1) is 13.0. The molecule has 0 saturated heterocycles. The van der Waals surface area contributed by atoms with Gasteiger partial charge in [0.15, 0.2) is 5.78 Å². The van der Waals surface area contributed by atoms with Gasteiger partial charge in [-0.2, -0.15) is 0 Å². The van der Waals surface area contributed by atoms with Crippen molar-refractivity contribution in [3.8, 4) is 5.75 Å². The highest BCUT2D eigenvalue weighted by molar-refractivity contribution is 6.31. The number of benzene rings is 2. The van der Waals surface area contributed by atoms with Crippen LogP contribution in [-0.2, 0) is 6.42 Å². The van der Waals surface area contributed by atoms with E-state index in [9.17, 15) is 4.79 Å². The van der Waals surface area contributed by atoms with E-state index in [1.54, 1.807) is 24.3 Å². The van der Waals surface area contributed by atoms with Crippen LogP contribution in [0, 0.1) is 6.92 Å². The Labute approximate surface area is 122 Å². The number of anilines is 1.